The second-order valence-electron chi connectivity index (χ2n) is 6.02. The quantitative estimate of drug-likeness (QED) is 0.864. The lowest BCUT2D eigenvalue weighted by atomic mass is 10.0. The van der Waals surface area contributed by atoms with Crippen molar-refractivity contribution >= 4 is 0 Å². The first-order valence-corrected chi connectivity index (χ1v) is 7.60. The van der Waals surface area contributed by atoms with Crippen LogP contribution in [0.2, 0.25) is 0 Å². The Morgan fingerprint density at radius 2 is 1.90 bits per heavy atom. The third-order valence-corrected chi connectivity index (χ3v) is 4.65. The van der Waals surface area contributed by atoms with E-state index in [-0.39, 0.29) is 0 Å². The number of benzene rings is 1. The Bertz CT molecular complexity index is 590. The molecule has 1 aliphatic heterocycles. The Morgan fingerprint density at radius 1 is 1.14 bits per heavy atom. The van der Waals surface area contributed by atoms with Crippen molar-refractivity contribution in [3.8, 4) is 0 Å². The van der Waals surface area contributed by atoms with Gasteiger partial charge in [0.25, 0.3) is 0 Å². The predicted molar refractivity (Wildman–Crippen MR) is 85.0 cm³/mol. The van der Waals surface area contributed by atoms with E-state index in [1.165, 1.54) is 16.8 Å². The van der Waals surface area contributed by atoms with Crippen LogP contribution in [0.5, 0.6) is 0 Å². The molecular weight excluding hydrogens is 260 g/mol. The van der Waals surface area contributed by atoms with Gasteiger partial charge in [-0.3, -0.25) is 14.5 Å². The number of rotatable bonds is 3. The maximum Gasteiger partial charge on any atom is 0.0537 e. The molecule has 0 N–H and O–H groups in total. The molecule has 21 heavy (non-hydrogen) atoms. The second-order valence-corrected chi connectivity index (χ2v) is 6.02. The number of piperazine rings is 1. The molecule has 0 amide bonds. The smallest absolute Gasteiger partial charge is 0.0537 e. The van der Waals surface area contributed by atoms with Crippen molar-refractivity contribution in [1.82, 2.24) is 19.6 Å². The van der Waals surface area contributed by atoms with E-state index in [0.717, 1.165) is 26.2 Å². The van der Waals surface area contributed by atoms with Crippen LogP contribution in [0.4, 0.5) is 0 Å². The van der Waals surface area contributed by atoms with Crippen LogP contribution < -0.4 is 0 Å². The van der Waals surface area contributed by atoms with Gasteiger partial charge in [-0.05, 0) is 19.5 Å². The maximum atomic E-state index is 4.35. The largest absolute Gasteiger partial charge is 0.297 e. The molecule has 1 aromatic heterocycles. The van der Waals surface area contributed by atoms with Crippen LogP contribution in [-0.2, 0) is 13.6 Å². The van der Waals surface area contributed by atoms with Gasteiger partial charge in [0, 0.05) is 50.5 Å². The summed E-state index contributed by atoms with van der Waals surface area (Å²) in [6, 6.07) is 11.3. The highest BCUT2D eigenvalue weighted by molar-refractivity contribution is 5.21. The van der Waals surface area contributed by atoms with Crippen molar-refractivity contribution in [2.24, 2.45) is 7.05 Å². The number of likely N-dealkylation sites (N-methyl/N-ethyl adjacent to an activating group) is 1. The third-order valence-electron chi connectivity index (χ3n) is 4.65. The molecule has 0 aliphatic carbocycles. The van der Waals surface area contributed by atoms with E-state index in [1.54, 1.807) is 0 Å². The summed E-state index contributed by atoms with van der Waals surface area (Å²) in [5.41, 5.74) is 4.02. The molecule has 1 fully saturated rings. The molecule has 1 aromatic carbocycles. The molecule has 0 spiro atoms. The molecular formula is C17H24N4. The molecule has 2 heterocycles. The third kappa shape index (κ3) is 3.01. The summed E-state index contributed by atoms with van der Waals surface area (Å²) in [6.07, 6.45) is 2.01. The van der Waals surface area contributed by atoms with Gasteiger partial charge in [-0.25, -0.2) is 0 Å². The molecule has 1 saturated heterocycles. The lowest BCUT2D eigenvalue weighted by molar-refractivity contribution is 0.0903. The predicted octanol–water partition coefficient (Wildman–Crippen LogP) is 2.22. The first-order chi connectivity index (χ1) is 10.1. The number of hydrogen-bond acceptors (Lipinski definition) is 3. The van der Waals surface area contributed by atoms with Crippen LogP contribution in [0, 0.1) is 6.92 Å². The van der Waals surface area contributed by atoms with Gasteiger partial charge in [-0.2, -0.15) is 5.10 Å². The van der Waals surface area contributed by atoms with E-state index in [4.69, 9.17) is 0 Å². The average Bonchev–Trinajstić information content (AvgIpc) is 2.82. The van der Waals surface area contributed by atoms with Gasteiger partial charge in [-0.1, -0.05) is 30.3 Å². The van der Waals surface area contributed by atoms with Gasteiger partial charge in [0.2, 0.25) is 0 Å². The van der Waals surface area contributed by atoms with Gasteiger partial charge < -0.3 is 0 Å². The van der Waals surface area contributed by atoms with Gasteiger partial charge >= 0.3 is 0 Å². The normalized spacial score (nSPS) is 20.8. The number of aryl methyl sites for hydroxylation is 1. The SMILES string of the molecule is Cc1c(CN2CCN(C)[C@H](c3ccccc3)C2)cnn1C. The molecule has 0 bridgehead atoms. The second kappa shape index (κ2) is 6.00. The molecule has 1 aliphatic rings. The highest BCUT2D eigenvalue weighted by Gasteiger charge is 2.26. The molecule has 0 unspecified atom stereocenters. The summed E-state index contributed by atoms with van der Waals surface area (Å²) >= 11 is 0. The van der Waals surface area contributed by atoms with Crippen molar-refractivity contribution in [3.63, 3.8) is 0 Å². The summed E-state index contributed by atoms with van der Waals surface area (Å²) in [6.45, 7) is 6.45. The van der Waals surface area contributed by atoms with Gasteiger partial charge in [-0.15, -0.1) is 0 Å². The number of nitrogens with zero attached hydrogens (tertiary/aromatic N) is 4. The summed E-state index contributed by atoms with van der Waals surface area (Å²) in [5, 5.41) is 4.35. The van der Waals surface area contributed by atoms with Crippen molar-refractivity contribution < 1.29 is 0 Å². The van der Waals surface area contributed by atoms with Crippen LogP contribution in [-0.4, -0.2) is 46.3 Å². The zero-order chi connectivity index (χ0) is 14.8. The Morgan fingerprint density at radius 3 is 2.57 bits per heavy atom. The summed E-state index contributed by atoms with van der Waals surface area (Å²) in [7, 11) is 4.24. The first kappa shape index (κ1) is 14.3. The number of hydrogen-bond donors (Lipinski definition) is 0. The molecule has 1 atom stereocenters. The molecule has 0 radical (unpaired) electrons. The lowest BCUT2D eigenvalue weighted by Gasteiger charge is -2.39. The molecule has 112 valence electrons. The van der Waals surface area contributed by atoms with E-state index in [1.807, 2.05) is 17.9 Å². The molecule has 3 rings (SSSR count). The lowest BCUT2D eigenvalue weighted by Crippen LogP contribution is -2.46. The summed E-state index contributed by atoms with van der Waals surface area (Å²) < 4.78 is 1.96. The molecule has 0 saturated carbocycles. The fourth-order valence-electron chi connectivity index (χ4n) is 3.05. The zero-order valence-corrected chi connectivity index (χ0v) is 13.2. The van der Waals surface area contributed by atoms with Gasteiger partial charge in [0.05, 0.1) is 6.20 Å². The minimum absolute atomic E-state index is 0.483. The standard InChI is InChI=1S/C17H24N4/c1-14-16(11-18-20(14)3)12-21-10-9-19(2)17(13-21)15-7-5-4-6-8-15/h4-8,11,17H,9-10,12-13H2,1-3H3/t17-/m0/s1. The fraction of sp³-hybridized carbons (Fsp3) is 0.471. The minimum atomic E-state index is 0.483. The van der Waals surface area contributed by atoms with Crippen LogP contribution in [0.15, 0.2) is 36.5 Å². The van der Waals surface area contributed by atoms with Crippen LogP contribution in [0.1, 0.15) is 22.9 Å². The molecule has 4 nitrogen and oxygen atoms in total. The van der Waals surface area contributed by atoms with Gasteiger partial charge in [0.1, 0.15) is 0 Å². The van der Waals surface area contributed by atoms with E-state index in [0.29, 0.717) is 6.04 Å². The van der Waals surface area contributed by atoms with Crippen LogP contribution in [0.3, 0.4) is 0 Å². The number of aromatic nitrogens is 2. The topological polar surface area (TPSA) is 24.3 Å². The minimum Gasteiger partial charge on any atom is -0.297 e. The Labute approximate surface area is 127 Å². The molecule has 2 aromatic rings. The Hall–Kier alpha value is -1.65. The van der Waals surface area contributed by atoms with Gasteiger partial charge in [0.15, 0.2) is 0 Å². The highest BCUT2D eigenvalue weighted by atomic mass is 15.3. The van der Waals surface area contributed by atoms with Crippen molar-refractivity contribution in [1.29, 1.82) is 0 Å². The van der Waals surface area contributed by atoms with E-state index in [2.05, 4.69) is 59.2 Å². The average molecular weight is 284 g/mol. The maximum absolute atomic E-state index is 4.35. The monoisotopic (exact) mass is 284 g/mol. The van der Waals surface area contributed by atoms with Crippen LogP contribution in [0.25, 0.3) is 0 Å². The van der Waals surface area contributed by atoms with Crippen molar-refractivity contribution in [2.75, 3.05) is 26.7 Å². The highest BCUT2D eigenvalue weighted by Crippen LogP contribution is 2.25. The van der Waals surface area contributed by atoms with Crippen molar-refractivity contribution in [2.45, 2.75) is 19.5 Å². The van der Waals surface area contributed by atoms with E-state index < -0.39 is 0 Å². The van der Waals surface area contributed by atoms with E-state index >= 15 is 0 Å². The molecule has 4 heteroatoms. The first-order valence-electron chi connectivity index (χ1n) is 7.60. The summed E-state index contributed by atoms with van der Waals surface area (Å²) in [5.74, 6) is 0. The van der Waals surface area contributed by atoms with Crippen LogP contribution >= 0.6 is 0 Å². The fourth-order valence-corrected chi connectivity index (χ4v) is 3.05. The van der Waals surface area contributed by atoms with Crippen molar-refractivity contribution in [3.05, 3.63) is 53.3 Å². The summed E-state index contributed by atoms with van der Waals surface area (Å²) in [4.78, 5) is 5.00. The van der Waals surface area contributed by atoms with E-state index in [9.17, 15) is 0 Å². The Balaban J connectivity index is 1.72. The Kier molecular flexibility index (Phi) is 4.08. The zero-order valence-electron chi connectivity index (χ0n) is 13.2.